The Morgan fingerprint density at radius 3 is 3.05 bits per heavy atom. The lowest BCUT2D eigenvalue weighted by atomic mass is 9.82. The van der Waals surface area contributed by atoms with Crippen LogP contribution in [0.4, 0.5) is 5.69 Å². The fourth-order valence-corrected chi connectivity index (χ4v) is 3.11. The number of para-hydroxylation sites is 1. The standard InChI is InChI=1S/C16H22N2OS/c1-3-11-20-14-8-5-4-7-13(14)18-15(19)16(2)9-6-10-17-12-16/h3-5,7-8,17H,1,6,9-12H2,2H3,(H,18,19). The third-order valence-electron chi connectivity index (χ3n) is 3.64. The van der Waals surface area contributed by atoms with Crippen LogP contribution in [-0.4, -0.2) is 24.7 Å². The maximum Gasteiger partial charge on any atom is 0.231 e. The van der Waals surface area contributed by atoms with Crippen LogP contribution >= 0.6 is 11.8 Å². The fourth-order valence-electron chi connectivity index (χ4n) is 2.37. The monoisotopic (exact) mass is 290 g/mol. The predicted octanol–water partition coefficient (Wildman–Crippen LogP) is 3.29. The highest BCUT2D eigenvalue weighted by atomic mass is 32.2. The number of thioether (sulfide) groups is 1. The van der Waals surface area contributed by atoms with Gasteiger partial charge in [0.05, 0.1) is 11.1 Å². The van der Waals surface area contributed by atoms with E-state index in [0.717, 1.165) is 42.3 Å². The van der Waals surface area contributed by atoms with Gasteiger partial charge in [0.25, 0.3) is 0 Å². The van der Waals surface area contributed by atoms with Gasteiger partial charge in [-0.3, -0.25) is 4.79 Å². The van der Waals surface area contributed by atoms with Gasteiger partial charge in [0.1, 0.15) is 0 Å². The molecule has 1 heterocycles. The highest BCUT2D eigenvalue weighted by Crippen LogP contribution is 2.31. The highest BCUT2D eigenvalue weighted by Gasteiger charge is 2.34. The summed E-state index contributed by atoms with van der Waals surface area (Å²) in [6.45, 7) is 7.53. The Morgan fingerprint density at radius 1 is 1.55 bits per heavy atom. The van der Waals surface area contributed by atoms with E-state index >= 15 is 0 Å². The average Bonchev–Trinajstić information content (AvgIpc) is 2.47. The second kappa shape index (κ2) is 6.95. The maximum absolute atomic E-state index is 12.5. The van der Waals surface area contributed by atoms with Crippen LogP contribution in [0.15, 0.2) is 41.8 Å². The van der Waals surface area contributed by atoms with Gasteiger partial charge < -0.3 is 10.6 Å². The zero-order chi connectivity index (χ0) is 14.4. The first-order chi connectivity index (χ1) is 9.65. The summed E-state index contributed by atoms with van der Waals surface area (Å²) in [4.78, 5) is 13.6. The van der Waals surface area contributed by atoms with Gasteiger partial charge in [0.15, 0.2) is 0 Å². The van der Waals surface area contributed by atoms with Gasteiger partial charge >= 0.3 is 0 Å². The van der Waals surface area contributed by atoms with Crippen molar-refractivity contribution in [3.63, 3.8) is 0 Å². The largest absolute Gasteiger partial charge is 0.325 e. The molecular formula is C16H22N2OS. The smallest absolute Gasteiger partial charge is 0.231 e. The zero-order valence-electron chi connectivity index (χ0n) is 11.9. The summed E-state index contributed by atoms with van der Waals surface area (Å²) < 4.78 is 0. The number of nitrogens with one attached hydrogen (secondary N) is 2. The molecule has 0 aliphatic carbocycles. The van der Waals surface area contributed by atoms with Crippen LogP contribution in [0.3, 0.4) is 0 Å². The van der Waals surface area contributed by atoms with Crippen LogP contribution < -0.4 is 10.6 Å². The first-order valence-corrected chi connectivity index (χ1v) is 7.99. The highest BCUT2D eigenvalue weighted by molar-refractivity contribution is 7.99. The minimum atomic E-state index is -0.311. The summed E-state index contributed by atoms with van der Waals surface area (Å²) in [5.41, 5.74) is 0.588. The molecule has 0 aromatic heterocycles. The second-order valence-corrected chi connectivity index (χ2v) is 6.45. The van der Waals surface area contributed by atoms with Crippen LogP contribution in [0.2, 0.25) is 0 Å². The number of hydrogen-bond acceptors (Lipinski definition) is 3. The fraction of sp³-hybridized carbons (Fsp3) is 0.438. The van der Waals surface area contributed by atoms with Crippen LogP contribution in [0, 0.1) is 5.41 Å². The quantitative estimate of drug-likeness (QED) is 0.646. The number of benzene rings is 1. The van der Waals surface area contributed by atoms with E-state index < -0.39 is 0 Å². The molecule has 1 fully saturated rings. The molecule has 0 radical (unpaired) electrons. The van der Waals surface area contributed by atoms with Gasteiger partial charge in [0.2, 0.25) is 5.91 Å². The third-order valence-corrected chi connectivity index (χ3v) is 4.71. The molecule has 1 aliphatic heterocycles. The Morgan fingerprint density at radius 2 is 2.35 bits per heavy atom. The van der Waals surface area contributed by atoms with Crippen LogP contribution in [0.25, 0.3) is 0 Å². The number of piperidine rings is 1. The van der Waals surface area contributed by atoms with E-state index in [1.807, 2.05) is 37.3 Å². The van der Waals surface area contributed by atoms with Crippen molar-refractivity contribution >= 4 is 23.4 Å². The predicted molar refractivity (Wildman–Crippen MR) is 86.2 cm³/mol. The molecule has 0 bridgehead atoms. The Hall–Kier alpha value is -1.26. The summed E-state index contributed by atoms with van der Waals surface area (Å²) >= 11 is 1.69. The molecule has 1 aromatic rings. The lowest BCUT2D eigenvalue weighted by molar-refractivity contribution is -0.125. The van der Waals surface area contributed by atoms with Crippen molar-refractivity contribution in [2.24, 2.45) is 5.41 Å². The molecule has 1 atom stereocenters. The molecule has 4 heteroatoms. The molecule has 108 valence electrons. The molecule has 1 aromatic carbocycles. The first-order valence-electron chi connectivity index (χ1n) is 7.00. The molecule has 1 unspecified atom stereocenters. The van der Waals surface area contributed by atoms with E-state index in [-0.39, 0.29) is 11.3 Å². The normalized spacial score (nSPS) is 22.2. The van der Waals surface area contributed by atoms with E-state index in [2.05, 4.69) is 17.2 Å². The molecule has 1 amide bonds. The maximum atomic E-state index is 12.5. The lowest BCUT2D eigenvalue weighted by Gasteiger charge is -2.32. The zero-order valence-corrected chi connectivity index (χ0v) is 12.8. The summed E-state index contributed by atoms with van der Waals surface area (Å²) in [6, 6.07) is 7.94. The van der Waals surface area contributed by atoms with Crippen molar-refractivity contribution in [3.05, 3.63) is 36.9 Å². The number of carbonyl (C=O) groups is 1. The van der Waals surface area contributed by atoms with Crippen molar-refractivity contribution in [3.8, 4) is 0 Å². The minimum Gasteiger partial charge on any atom is -0.325 e. The third kappa shape index (κ3) is 3.64. The molecule has 20 heavy (non-hydrogen) atoms. The number of amides is 1. The van der Waals surface area contributed by atoms with E-state index in [1.54, 1.807) is 11.8 Å². The van der Waals surface area contributed by atoms with Crippen molar-refractivity contribution in [1.82, 2.24) is 5.32 Å². The van der Waals surface area contributed by atoms with E-state index in [0.29, 0.717) is 0 Å². The Kier molecular flexibility index (Phi) is 5.26. The van der Waals surface area contributed by atoms with Crippen LogP contribution in [0.1, 0.15) is 19.8 Å². The molecule has 2 N–H and O–H groups in total. The number of rotatable bonds is 5. The van der Waals surface area contributed by atoms with E-state index in [9.17, 15) is 4.79 Å². The molecule has 3 nitrogen and oxygen atoms in total. The second-order valence-electron chi connectivity index (χ2n) is 5.39. The number of carbonyl (C=O) groups excluding carboxylic acids is 1. The summed E-state index contributed by atoms with van der Waals surface area (Å²) in [7, 11) is 0. The Bertz CT molecular complexity index is 481. The number of anilines is 1. The van der Waals surface area contributed by atoms with Crippen LogP contribution in [0.5, 0.6) is 0 Å². The van der Waals surface area contributed by atoms with E-state index in [4.69, 9.17) is 0 Å². The lowest BCUT2D eigenvalue weighted by Crippen LogP contribution is -2.46. The van der Waals surface area contributed by atoms with Gasteiger partial charge in [0, 0.05) is 17.2 Å². The molecule has 1 aliphatic rings. The SMILES string of the molecule is C=CCSc1ccccc1NC(=O)C1(C)CCCNC1. The molecular weight excluding hydrogens is 268 g/mol. The Labute approximate surface area is 125 Å². The average molecular weight is 290 g/mol. The summed E-state index contributed by atoms with van der Waals surface area (Å²) in [6.07, 6.45) is 3.86. The van der Waals surface area contributed by atoms with Crippen molar-refractivity contribution in [2.75, 3.05) is 24.2 Å². The topological polar surface area (TPSA) is 41.1 Å². The Balaban J connectivity index is 2.08. The molecule has 2 rings (SSSR count). The minimum absolute atomic E-state index is 0.108. The summed E-state index contributed by atoms with van der Waals surface area (Å²) in [5.74, 6) is 0.947. The van der Waals surface area contributed by atoms with Gasteiger partial charge in [-0.05, 0) is 38.4 Å². The van der Waals surface area contributed by atoms with Gasteiger partial charge in [-0.2, -0.15) is 0 Å². The van der Waals surface area contributed by atoms with Crippen molar-refractivity contribution in [2.45, 2.75) is 24.7 Å². The van der Waals surface area contributed by atoms with Gasteiger partial charge in [-0.15, -0.1) is 18.3 Å². The van der Waals surface area contributed by atoms with E-state index in [1.165, 1.54) is 0 Å². The molecule has 0 spiro atoms. The first kappa shape index (κ1) is 15.1. The van der Waals surface area contributed by atoms with Crippen LogP contribution in [-0.2, 0) is 4.79 Å². The van der Waals surface area contributed by atoms with Gasteiger partial charge in [-0.25, -0.2) is 0 Å². The number of hydrogen-bond donors (Lipinski definition) is 2. The molecule has 1 saturated heterocycles. The van der Waals surface area contributed by atoms with Crippen molar-refractivity contribution < 1.29 is 4.79 Å². The summed E-state index contributed by atoms with van der Waals surface area (Å²) in [5, 5.41) is 6.41. The van der Waals surface area contributed by atoms with Crippen molar-refractivity contribution in [1.29, 1.82) is 0 Å². The van der Waals surface area contributed by atoms with Gasteiger partial charge in [-0.1, -0.05) is 18.2 Å². The molecule has 0 saturated carbocycles.